The molecule has 0 unspecified atom stereocenters. The third-order valence-corrected chi connectivity index (χ3v) is 7.52. The zero-order chi connectivity index (χ0) is 24.8. The maximum atomic E-state index is 13.2. The predicted octanol–water partition coefficient (Wildman–Crippen LogP) is 4.36. The van der Waals surface area contributed by atoms with E-state index in [1.807, 2.05) is 30.5 Å². The molecule has 0 radical (unpaired) electrons. The molecule has 0 heterocycles. The number of carboxylic acids is 1. The van der Waals surface area contributed by atoms with Crippen molar-refractivity contribution in [1.29, 1.82) is 0 Å². The van der Waals surface area contributed by atoms with E-state index in [-0.39, 0.29) is 31.0 Å². The van der Waals surface area contributed by atoms with Crippen molar-refractivity contribution in [3.8, 4) is 11.1 Å². The summed E-state index contributed by atoms with van der Waals surface area (Å²) in [5.74, 6) is -1.04. The SMILES string of the molecule is CSCCN(CC(=O)O)C(=O)[C@@H]1CCCC[C@@H]1NC(=O)OCC1c2ccccc2-c2ccccc21. The second-order valence-corrected chi connectivity index (χ2v) is 10.1. The fourth-order valence-corrected chi connectivity index (χ4v) is 5.66. The molecule has 0 saturated heterocycles. The standard InChI is InChI=1S/C27H32N2O5S/c1-35-15-14-29(16-25(30)31)26(32)22-12-6-7-13-24(22)28-27(33)34-17-23-20-10-4-2-8-18(20)19-9-3-5-11-21(19)23/h2-5,8-11,22-24H,6-7,12-17H2,1H3,(H,28,33)(H,30,31)/t22-,24+/m1/s1. The molecule has 1 saturated carbocycles. The fraction of sp³-hybridized carbons (Fsp3) is 0.444. The number of benzene rings is 2. The average molecular weight is 497 g/mol. The maximum Gasteiger partial charge on any atom is 0.407 e. The summed E-state index contributed by atoms with van der Waals surface area (Å²) >= 11 is 1.56. The molecule has 0 bridgehead atoms. The number of thioether (sulfide) groups is 1. The highest BCUT2D eigenvalue weighted by Crippen LogP contribution is 2.44. The molecule has 2 atom stereocenters. The minimum absolute atomic E-state index is 0.0328. The minimum atomic E-state index is -1.03. The molecule has 2 aromatic rings. The van der Waals surface area contributed by atoms with Crippen LogP contribution in [0.4, 0.5) is 4.79 Å². The monoisotopic (exact) mass is 496 g/mol. The van der Waals surface area contributed by atoms with E-state index in [1.165, 1.54) is 16.0 Å². The summed E-state index contributed by atoms with van der Waals surface area (Å²) in [4.78, 5) is 38.8. The van der Waals surface area contributed by atoms with E-state index in [1.54, 1.807) is 11.8 Å². The Morgan fingerprint density at radius 3 is 2.29 bits per heavy atom. The van der Waals surface area contributed by atoms with E-state index in [0.717, 1.165) is 24.0 Å². The summed E-state index contributed by atoms with van der Waals surface area (Å²) in [6.07, 6.45) is 4.47. The number of nitrogens with one attached hydrogen (secondary N) is 1. The van der Waals surface area contributed by atoms with Gasteiger partial charge in [0.2, 0.25) is 5.91 Å². The second-order valence-electron chi connectivity index (χ2n) is 9.11. The van der Waals surface area contributed by atoms with Crippen LogP contribution >= 0.6 is 11.8 Å². The van der Waals surface area contributed by atoms with Gasteiger partial charge in [-0.15, -0.1) is 0 Å². The Morgan fingerprint density at radius 2 is 1.66 bits per heavy atom. The van der Waals surface area contributed by atoms with Gasteiger partial charge in [-0.1, -0.05) is 61.4 Å². The highest BCUT2D eigenvalue weighted by atomic mass is 32.2. The Kier molecular flexibility index (Phi) is 8.33. The first-order valence-corrected chi connectivity index (χ1v) is 13.5. The largest absolute Gasteiger partial charge is 0.480 e. The highest BCUT2D eigenvalue weighted by Gasteiger charge is 2.36. The first-order valence-electron chi connectivity index (χ1n) is 12.1. The molecule has 8 heteroatoms. The molecule has 2 amide bonds. The zero-order valence-electron chi connectivity index (χ0n) is 19.9. The maximum absolute atomic E-state index is 13.2. The molecular formula is C27H32N2O5S. The summed E-state index contributed by atoms with van der Waals surface area (Å²) in [6.45, 7) is 0.262. The van der Waals surface area contributed by atoms with Crippen molar-refractivity contribution in [2.24, 2.45) is 5.92 Å². The molecule has 35 heavy (non-hydrogen) atoms. The fourth-order valence-electron chi connectivity index (χ4n) is 5.26. The van der Waals surface area contributed by atoms with E-state index in [4.69, 9.17) is 4.74 Å². The zero-order valence-corrected chi connectivity index (χ0v) is 20.8. The van der Waals surface area contributed by atoms with Gasteiger partial charge < -0.3 is 20.1 Å². The molecule has 0 aliphatic heterocycles. The van der Waals surface area contributed by atoms with E-state index in [0.29, 0.717) is 25.1 Å². The van der Waals surface area contributed by atoms with Crippen LogP contribution in [0.2, 0.25) is 0 Å². The number of hydrogen-bond acceptors (Lipinski definition) is 5. The van der Waals surface area contributed by atoms with Gasteiger partial charge in [0.25, 0.3) is 0 Å². The van der Waals surface area contributed by atoms with Crippen molar-refractivity contribution in [3.05, 3.63) is 59.7 Å². The van der Waals surface area contributed by atoms with Gasteiger partial charge >= 0.3 is 12.1 Å². The van der Waals surface area contributed by atoms with Crippen LogP contribution in [0.15, 0.2) is 48.5 Å². The average Bonchev–Trinajstić information content (AvgIpc) is 3.19. The molecular weight excluding hydrogens is 464 g/mol. The highest BCUT2D eigenvalue weighted by molar-refractivity contribution is 7.98. The third kappa shape index (κ3) is 5.81. The van der Waals surface area contributed by atoms with Crippen LogP contribution in [-0.4, -0.2) is 65.7 Å². The predicted molar refractivity (Wildman–Crippen MR) is 137 cm³/mol. The molecule has 0 spiro atoms. The van der Waals surface area contributed by atoms with Crippen LogP contribution in [0.3, 0.4) is 0 Å². The number of rotatable bonds is 9. The Labute approximate surface area is 210 Å². The van der Waals surface area contributed by atoms with Gasteiger partial charge in [0.05, 0.1) is 5.92 Å². The number of aliphatic carboxylic acids is 1. The Bertz CT molecular complexity index is 1030. The van der Waals surface area contributed by atoms with E-state index in [9.17, 15) is 19.5 Å². The molecule has 7 nitrogen and oxygen atoms in total. The molecule has 2 N–H and O–H groups in total. The second kappa shape index (κ2) is 11.6. The van der Waals surface area contributed by atoms with E-state index >= 15 is 0 Å². The summed E-state index contributed by atoms with van der Waals surface area (Å²) < 4.78 is 5.69. The molecule has 0 aromatic heterocycles. The lowest BCUT2D eigenvalue weighted by Gasteiger charge is -2.34. The molecule has 4 rings (SSSR count). The van der Waals surface area contributed by atoms with Crippen molar-refractivity contribution in [2.45, 2.75) is 37.6 Å². The van der Waals surface area contributed by atoms with E-state index in [2.05, 4.69) is 29.6 Å². The number of carbonyl (C=O) groups is 3. The first kappa shape index (κ1) is 25.1. The lowest BCUT2D eigenvalue weighted by molar-refractivity contribution is -0.147. The Hall–Kier alpha value is -3.00. The quantitative estimate of drug-likeness (QED) is 0.536. The molecule has 186 valence electrons. The van der Waals surface area contributed by atoms with Gasteiger partial charge in [0, 0.05) is 24.3 Å². The summed E-state index contributed by atoms with van der Waals surface area (Å²) in [5, 5.41) is 12.2. The van der Waals surface area contributed by atoms with Gasteiger partial charge in [-0.25, -0.2) is 4.79 Å². The number of alkyl carbamates (subject to hydrolysis) is 1. The minimum Gasteiger partial charge on any atom is -0.480 e. The van der Waals surface area contributed by atoms with E-state index < -0.39 is 18.0 Å². The van der Waals surface area contributed by atoms with Gasteiger partial charge in [0.1, 0.15) is 13.2 Å². The lowest BCUT2D eigenvalue weighted by Crippen LogP contribution is -2.51. The van der Waals surface area contributed by atoms with Crippen molar-refractivity contribution in [1.82, 2.24) is 10.2 Å². The van der Waals surface area contributed by atoms with Crippen molar-refractivity contribution >= 4 is 29.7 Å². The Morgan fingerprint density at radius 1 is 1.03 bits per heavy atom. The van der Waals surface area contributed by atoms with Gasteiger partial charge in [-0.2, -0.15) is 11.8 Å². The number of fused-ring (bicyclic) bond motifs is 3. The van der Waals surface area contributed by atoms with Crippen LogP contribution in [0.1, 0.15) is 42.7 Å². The van der Waals surface area contributed by atoms with Gasteiger partial charge in [-0.05, 0) is 41.4 Å². The molecule has 2 aliphatic rings. The van der Waals surface area contributed by atoms with Crippen LogP contribution in [-0.2, 0) is 14.3 Å². The smallest absolute Gasteiger partial charge is 0.407 e. The topological polar surface area (TPSA) is 95.9 Å². The Balaban J connectivity index is 1.40. The summed E-state index contributed by atoms with van der Waals surface area (Å²) in [7, 11) is 0. The number of amides is 2. The van der Waals surface area contributed by atoms with Crippen LogP contribution < -0.4 is 5.32 Å². The number of ether oxygens (including phenoxy) is 1. The van der Waals surface area contributed by atoms with Crippen LogP contribution in [0.5, 0.6) is 0 Å². The number of hydrogen-bond donors (Lipinski definition) is 2. The number of carboxylic acid groups (broad SMARTS) is 1. The first-order chi connectivity index (χ1) is 17.0. The summed E-state index contributed by atoms with van der Waals surface area (Å²) in [6, 6.07) is 16.0. The van der Waals surface area contributed by atoms with Crippen molar-refractivity contribution in [3.63, 3.8) is 0 Å². The summed E-state index contributed by atoms with van der Waals surface area (Å²) in [5.41, 5.74) is 4.62. The number of nitrogens with zero attached hydrogens (tertiary/aromatic N) is 1. The molecule has 2 aliphatic carbocycles. The van der Waals surface area contributed by atoms with Crippen LogP contribution in [0, 0.1) is 5.92 Å². The van der Waals surface area contributed by atoms with Crippen LogP contribution in [0.25, 0.3) is 11.1 Å². The third-order valence-electron chi connectivity index (χ3n) is 6.93. The lowest BCUT2D eigenvalue weighted by atomic mass is 9.83. The van der Waals surface area contributed by atoms with Gasteiger partial charge in [0.15, 0.2) is 0 Å². The number of carbonyl (C=O) groups excluding carboxylic acids is 2. The molecule has 1 fully saturated rings. The normalized spacial score (nSPS) is 18.9. The van der Waals surface area contributed by atoms with Crippen molar-refractivity contribution in [2.75, 3.05) is 31.7 Å². The molecule has 2 aromatic carbocycles. The van der Waals surface area contributed by atoms with Crippen molar-refractivity contribution < 1.29 is 24.2 Å². The van der Waals surface area contributed by atoms with Gasteiger partial charge in [-0.3, -0.25) is 9.59 Å².